The van der Waals surface area contributed by atoms with Crippen LogP contribution in [0.15, 0.2) is 0 Å². The summed E-state index contributed by atoms with van der Waals surface area (Å²) in [7, 11) is 2.33. The summed E-state index contributed by atoms with van der Waals surface area (Å²) in [6.07, 6.45) is -4.37. The maximum Gasteiger partial charge on any atom is 0.406 e. The molecule has 1 aliphatic heterocycles. The maximum absolute atomic E-state index is 12.2. The number of aliphatic carboxylic acids is 1. The van der Waals surface area contributed by atoms with Gasteiger partial charge in [0.05, 0.1) is 0 Å². The quantitative estimate of drug-likeness (QED) is 0.849. The molecule has 0 unspecified atom stereocenters. The molecule has 2 amide bonds. The van der Waals surface area contributed by atoms with Crippen LogP contribution in [0.3, 0.4) is 0 Å². The molecule has 1 aliphatic rings. The fourth-order valence-corrected chi connectivity index (χ4v) is 2.14. The monoisotopic (exact) mass is 298 g/mol. The number of methoxy groups -OCH3 is 1. The van der Waals surface area contributed by atoms with Gasteiger partial charge in [0.2, 0.25) is 0 Å². The van der Waals surface area contributed by atoms with E-state index in [1.807, 2.05) is 0 Å². The first-order chi connectivity index (χ1) is 9.11. The summed E-state index contributed by atoms with van der Waals surface area (Å²) in [6.45, 7) is -1.25. The predicted molar refractivity (Wildman–Crippen MR) is 62.3 cm³/mol. The number of amides is 2. The molecule has 1 saturated heterocycles. The van der Waals surface area contributed by atoms with E-state index < -0.39 is 30.3 Å². The summed E-state index contributed by atoms with van der Waals surface area (Å²) in [5.74, 6) is -1.13. The number of urea groups is 1. The van der Waals surface area contributed by atoms with Crippen molar-refractivity contribution in [1.82, 2.24) is 9.80 Å². The lowest BCUT2D eigenvalue weighted by Crippen LogP contribution is -2.54. The second-order valence-electron chi connectivity index (χ2n) is 4.74. The predicted octanol–water partition coefficient (Wildman–Crippen LogP) is 1.17. The lowest BCUT2D eigenvalue weighted by molar-refractivity contribution is -0.167. The van der Waals surface area contributed by atoms with E-state index in [9.17, 15) is 22.8 Å². The zero-order valence-corrected chi connectivity index (χ0v) is 11.2. The van der Waals surface area contributed by atoms with Crippen molar-refractivity contribution in [1.29, 1.82) is 0 Å². The highest BCUT2D eigenvalue weighted by molar-refractivity contribution is 5.79. The Labute approximate surface area is 114 Å². The van der Waals surface area contributed by atoms with Crippen LogP contribution in [0.1, 0.15) is 12.8 Å². The molecule has 0 aromatic rings. The van der Waals surface area contributed by atoms with Crippen molar-refractivity contribution in [2.45, 2.75) is 24.6 Å². The molecule has 1 rings (SSSR count). The van der Waals surface area contributed by atoms with Gasteiger partial charge in [-0.3, -0.25) is 0 Å². The first kappa shape index (κ1) is 16.5. The van der Waals surface area contributed by atoms with Gasteiger partial charge in [0.25, 0.3) is 0 Å². The number of carboxylic acid groups (broad SMARTS) is 1. The summed E-state index contributed by atoms with van der Waals surface area (Å²) in [5.41, 5.74) is -1.36. The van der Waals surface area contributed by atoms with Gasteiger partial charge in [-0.25, -0.2) is 9.59 Å². The minimum atomic E-state index is -4.46. The van der Waals surface area contributed by atoms with Crippen LogP contribution in [0.2, 0.25) is 0 Å². The van der Waals surface area contributed by atoms with Crippen LogP contribution < -0.4 is 0 Å². The Morgan fingerprint density at radius 2 is 1.85 bits per heavy atom. The standard InChI is InChI=1S/C11H17F3N2O4/c1-15(7-11(12,13)14)9(19)16-5-3-10(20-2,4-6-16)8(17)18/h3-7H2,1-2H3,(H,17,18). The molecule has 1 heterocycles. The van der Waals surface area contributed by atoms with E-state index in [4.69, 9.17) is 9.84 Å². The van der Waals surface area contributed by atoms with Crippen LogP contribution in [0, 0.1) is 0 Å². The van der Waals surface area contributed by atoms with Crippen LogP contribution in [0.5, 0.6) is 0 Å². The van der Waals surface area contributed by atoms with Crippen molar-refractivity contribution in [2.24, 2.45) is 0 Å². The SMILES string of the molecule is COC1(C(=O)O)CCN(C(=O)N(C)CC(F)(F)F)CC1. The second kappa shape index (κ2) is 5.86. The maximum atomic E-state index is 12.2. The summed E-state index contributed by atoms with van der Waals surface area (Å²) in [4.78, 5) is 24.7. The van der Waals surface area contributed by atoms with E-state index in [1.54, 1.807) is 0 Å². The molecule has 0 saturated carbocycles. The number of hydrogen-bond acceptors (Lipinski definition) is 3. The summed E-state index contributed by atoms with van der Waals surface area (Å²) in [5, 5.41) is 9.09. The second-order valence-corrected chi connectivity index (χ2v) is 4.74. The number of alkyl halides is 3. The van der Waals surface area contributed by atoms with E-state index in [2.05, 4.69) is 0 Å². The molecule has 6 nitrogen and oxygen atoms in total. The Morgan fingerprint density at radius 1 is 1.35 bits per heavy atom. The first-order valence-electron chi connectivity index (χ1n) is 5.96. The van der Waals surface area contributed by atoms with Crippen LogP contribution in [-0.2, 0) is 9.53 Å². The molecule has 0 spiro atoms. The number of nitrogens with zero attached hydrogens (tertiary/aromatic N) is 2. The van der Waals surface area contributed by atoms with Gasteiger partial charge >= 0.3 is 18.2 Å². The number of hydrogen-bond donors (Lipinski definition) is 1. The molecule has 0 radical (unpaired) electrons. The number of carbonyl (C=O) groups excluding carboxylic acids is 1. The van der Waals surface area contributed by atoms with Gasteiger partial charge in [-0.05, 0) is 0 Å². The number of rotatable bonds is 3. The van der Waals surface area contributed by atoms with Crippen molar-refractivity contribution in [2.75, 3.05) is 33.8 Å². The zero-order chi connectivity index (χ0) is 15.6. The van der Waals surface area contributed by atoms with Crippen molar-refractivity contribution in [3.63, 3.8) is 0 Å². The minimum Gasteiger partial charge on any atom is -0.479 e. The fourth-order valence-electron chi connectivity index (χ4n) is 2.14. The molecular formula is C11H17F3N2O4. The van der Waals surface area contributed by atoms with Gasteiger partial charge in [-0.15, -0.1) is 0 Å². The van der Waals surface area contributed by atoms with Crippen LogP contribution >= 0.6 is 0 Å². The summed E-state index contributed by atoms with van der Waals surface area (Å²) < 4.78 is 41.6. The van der Waals surface area contributed by atoms with Crippen molar-refractivity contribution >= 4 is 12.0 Å². The van der Waals surface area contributed by atoms with Crippen molar-refractivity contribution < 1.29 is 32.6 Å². The molecule has 0 aromatic heterocycles. The molecule has 1 fully saturated rings. The van der Waals surface area contributed by atoms with E-state index in [0.717, 1.165) is 7.05 Å². The Kier molecular flexibility index (Phi) is 4.85. The third kappa shape index (κ3) is 3.75. The van der Waals surface area contributed by atoms with Gasteiger partial charge in [0, 0.05) is 40.1 Å². The third-order valence-corrected chi connectivity index (χ3v) is 3.37. The first-order valence-corrected chi connectivity index (χ1v) is 5.96. The average Bonchev–Trinajstić information content (AvgIpc) is 2.35. The minimum absolute atomic E-state index is 0.0428. The Bertz CT molecular complexity index is 378. The number of carboxylic acids is 1. The van der Waals surface area contributed by atoms with Crippen molar-refractivity contribution in [3.8, 4) is 0 Å². The molecule has 0 bridgehead atoms. The average molecular weight is 298 g/mol. The molecule has 0 aliphatic carbocycles. The highest BCUT2D eigenvalue weighted by atomic mass is 19.4. The lowest BCUT2D eigenvalue weighted by atomic mass is 9.91. The number of carbonyl (C=O) groups is 2. The number of piperidine rings is 1. The molecule has 116 valence electrons. The van der Waals surface area contributed by atoms with Crippen LogP contribution in [0.25, 0.3) is 0 Å². The molecule has 1 N–H and O–H groups in total. The Hall–Kier alpha value is -1.51. The lowest BCUT2D eigenvalue weighted by Gasteiger charge is -2.39. The molecule has 0 aromatic carbocycles. The zero-order valence-electron chi connectivity index (χ0n) is 11.2. The highest BCUT2D eigenvalue weighted by Gasteiger charge is 2.43. The Balaban J connectivity index is 2.61. The summed E-state index contributed by atoms with van der Waals surface area (Å²) >= 11 is 0. The van der Waals surface area contributed by atoms with Gasteiger partial charge in [0.15, 0.2) is 5.60 Å². The van der Waals surface area contributed by atoms with Gasteiger partial charge in [0.1, 0.15) is 6.54 Å². The van der Waals surface area contributed by atoms with E-state index >= 15 is 0 Å². The number of likely N-dealkylation sites (tertiary alicyclic amines) is 1. The topological polar surface area (TPSA) is 70.1 Å². The van der Waals surface area contributed by atoms with Gasteiger partial charge in [-0.2, -0.15) is 13.2 Å². The smallest absolute Gasteiger partial charge is 0.406 e. The Morgan fingerprint density at radius 3 is 2.20 bits per heavy atom. The number of halogens is 3. The van der Waals surface area contributed by atoms with E-state index in [-0.39, 0.29) is 25.9 Å². The highest BCUT2D eigenvalue weighted by Crippen LogP contribution is 2.27. The number of ether oxygens (including phenoxy) is 1. The fraction of sp³-hybridized carbons (Fsp3) is 0.818. The van der Waals surface area contributed by atoms with Gasteiger partial charge < -0.3 is 19.6 Å². The third-order valence-electron chi connectivity index (χ3n) is 3.37. The molecule has 0 atom stereocenters. The van der Waals surface area contributed by atoms with E-state index in [1.165, 1.54) is 12.0 Å². The normalized spacial score (nSPS) is 18.8. The summed E-state index contributed by atoms with van der Waals surface area (Å²) in [6, 6.07) is -0.766. The van der Waals surface area contributed by atoms with Crippen LogP contribution in [0.4, 0.5) is 18.0 Å². The molecule has 9 heteroatoms. The largest absolute Gasteiger partial charge is 0.479 e. The van der Waals surface area contributed by atoms with Gasteiger partial charge in [-0.1, -0.05) is 0 Å². The molecule has 20 heavy (non-hydrogen) atoms. The van der Waals surface area contributed by atoms with Crippen LogP contribution in [-0.4, -0.2) is 72.5 Å². The van der Waals surface area contributed by atoms with Crippen molar-refractivity contribution in [3.05, 3.63) is 0 Å². The van der Waals surface area contributed by atoms with E-state index in [0.29, 0.717) is 4.90 Å². The molecular weight excluding hydrogens is 281 g/mol.